The van der Waals surface area contributed by atoms with Crippen molar-refractivity contribution in [3.63, 3.8) is 0 Å². The minimum atomic E-state index is -0.00858. The molecule has 2 rings (SSSR count). The van der Waals surface area contributed by atoms with Gasteiger partial charge in [-0.25, -0.2) is 9.80 Å². The van der Waals surface area contributed by atoms with E-state index in [1.807, 2.05) is 49.3 Å². The van der Waals surface area contributed by atoms with Gasteiger partial charge in [-0.3, -0.25) is 4.90 Å². The summed E-state index contributed by atoms with van der Waals surface area (Å²) in [6, 6.07) is 9.84. The number of nitrogens with zero attached hydrogens (tertiary/aromatic N) is 5. The first-order valence-electron chi connectivity index (χ1n) is 8.47. The minimum Gasteiger partial charge on any atom is -0.309 e. The lowest BCUT2D eigenvalue weighted by atomic mass is 10.2. The van der Waals surface area contributed by atoms with E-state index in [0.29, 0.717) is 6.54 Å². The molecule has 1 aromatic rings. The Bertz CT molecular complexity index is 544. The summed E-state index contributed by atoms with van der Waals surface area (Å²) in [5.41, 5.74) is 0.999. The first-order valence-corrected chi connectivity index (χ1v) is 8.47. The van der Waals surface area contributed by atoms with E-state index in [1.54, 1.807) is 11.2 Å². The molecule has 0 aliphatic carbocycles. The Morgan fingerprint density at radius 2 is 1.88 bits per heavy atom. The molecular formula is C18H29N5O. The van der Waals surface area contributed by atoms with Gasteiger partial charge in [0.15, 0.2) is 0 Å². The standard InChI is InChI=1S/C18H29N5O/c1-20(2)12-8-11-17(21(3)4)22-13-14-23(18(22)24)19-15-16-9-6-5-7-10-16/h5-7,9-10,15,17H,8,11-14H2,1-4H3. The SMILES string of the molecule is CN(C)CCCC(N(C)C)N1CCN(N=Cc2ccccc2)C1=O. The number of hydrazone groups is 1. The third kappa shape index (κ3) is 5.04. The average Bonchev–Trinajstić information content (AvgIpc) is 2.91. The summed E-state index contributed by atoms with van der Waals surface area (Å²) < 4.78 is 0. The molecule has 1 atom stereocenters. The number of carbonyl (C=O) groups excluding carboxylic acids is 1. The number of urea groups is 1. The van der Waals surface area contributed by atoms with Crippen molar-refractivity contribution in [3.8, 4) is 0 Å². The molecular weight excluding hydrogens is 302 g/mol. The highest BCUT2D eigenvalue weighted by Crippen LogP contribution is 2.18. The number of hydrogen-bond acceptors (Lipinski definition) is 4. The van der Waals surface area contributed by atoms with Gasteiger partial charge < -0.3 is 9.80 Å². The van der Waals surface area contributed by atoms with Gasteiger partial charge in [0.05, 0.1) is 18.9 Å². The van der Waals surface area contributed by atoms with Crippen molar-refractivity contribution in [1.29, 1.82) is 0 Å². The summed E-state index contributed by atoms with van der Waals surface area (Å²) in [7, 11) is 8.21. The number of benzene rings is 1. The van der Waals surface area contributed by atoms with Crippen molar-refractivity contribution in [3.05, 3.63) is 35.9 Å². The van der Waals surface area contributed by atoms with Crippen LogP contribution in [0.15, 0.2) is 35.4 Å². The molecule has 132 valence electrons. The van der Waals surface area contributed by atoms with Crippen molar-refractivity contribution in [2.45, 2.75) is 19.0 Å². The molecule has 1 aliphatic rings. The molecule has 1 aromatic carbocycles. The Morgan fingerprint density at radius 3 is 2.50 bits per heavy atom. The van der Waals surface area contributed by atoms with Gasteiger partial charge in [-0.2, -0.15) is 5.10 Å². The quantitative estimate of drug-likeness (QED) is 0.684. The second-order valence-electron chi connectivity index (χ2n) is 6.64. The fourth-order valence-electron chi connectivity index (χ4n) is 2.88. The van der Waals surface area contributed by atoms with Crippen molar-refractivity contribution in [2.24, 2.45) is 5.10 Å². The van der Waals surface area contributed by atoms with Gasteiger partial charge in [0.1, 0.15) is 0 Å². The van der Waals surface area contributed by atoms with Crippen molar-refractivity contribution in [2.75, 3.05) is 47.8 Å². The van der Waals surface area contributed by atoms with E-state index in [9.17, 15) is 4.79 Å². The van der Waals surface area contributed by atoms with Crippen molar-refractivity contribution in [1.82, 2.24) is 19.7 Å². The molecule has 1 heterocycles. The predicted molar refractivity (Wildman–Crippen MR) is 98.1 cm³/mol. The van der Waals surface area contributed by atoms with E-state index in [0.717, 1.165) is 31.5 Å². The number of carbonyl (C=O) groups is 1. The Labute approximate surface area is 145 Å². The monoisotopic (exact) mass is 331 g/mol. The average molecular weight is 331 g/mol. The van der Waals surface area contributed by atoms with Crippen molar-refractivity contribution >= 4 is 12.2 Å². The molecule has 6 heteroatoms. The van der Waals surface area contributed by atoms with Crippen LogP contribution in [0.1, 0.15) is 18.4 Å². The van der Waals surface area contributed by atoms with E-state index in [2.05, 4.69) is 29.0 Å². The van der Waals surface area contributed by atoms with Gasteiger partial charge in [-0.1, -0.05) is 30.3 Å². The Hall–Kier alpha value is -1.92. The van der Waals surface area contributed by atoms with E-state index >= 15 is 0 Å². The van der Waals surface area contributed by atoms with Crippen LogP contribution in [-0.2, 0) is 0 Å². The van der Waals surface area contributed by atoms with Crippen LogP contribution in [0.3, 0.4) is 0 Å². The predicted octanol–water partition coefficient (Wildman–Crippen LogP) is 1.99. The number of hydrogen-bond donors (Lipinski definition) is 0. The van der Waals surface area contributed by atoms with Crippen LogP contribution in [0.25, 0.3) is 0 Å². The van der Waals surface area contributed by atoms with Gasteiger partial charge in [0, 0.05) is 6.54 Å². The van der Waals surface area contributed by atoms with Crippen LogP contribution in [0, 0.1) is 0 Å². The third-order valence-electron chi connectivity index (χ3n) is 4.19. The fourth-order valence-corrected chi connectivity index (χ4v) is 2.88. The lowest BCUT2D eigenvalue weighted by Gasteiger charge is -2.32. The molecule has 1 saturated heterocycles. The zero-order valence-corrected chi connectivity index (χ0v) is 15.2. The number of rotatable bonds is 8. The van der Waals surface area contributed by atoms with Crippen LogP contribution >= 0.6 is 0 Å². The lowest BCUT2D eigenvalue weighted by molar-refractivity contribution is 0.104. The molecule has 2 amide bonds. The molecule has 0 bridgehead atoms. The topological polar surface area (TPSA) is 42.4 Å². The minimum absolute atomic E-state index is 0.00858. The van der Waals surface area contributed by atoms with Crippen LogP contribution in [-0.4, -0.2) is 85.9 Å². The molecule has 0 radical (unpaired) electrons. The van der Waals surface area contributed by atoms with E-state index in [4.69, 9.17) is 0 Å². The maximum absolute atomic E-state index is 12.7. The highest BCUT2D eigenvalue weighted by molar-refractivity contribution is 5.82. The number of amides is 2. The van der Waals surface area contributed by atoms with E-state index in [-0.39, 0.29) is 12.2 Å². The summed E-state index contributed by atoms with van der Waals surface area (Å²) in [4.78, 5) is 18.9. The smallest absolute Gasteiger partial charge is 0.309 e. The summed E-state index contributed by atoms with van der Waals surface area (Å²) in [6.07, 6.45) is 3.90. The maximum Gasteiger partial charge on any atom is 0.341 e. The summed E-state index contributed by atoms with van der Waals surface area (Å²) in [5.74, 6) is 0. The van der Waals surface area contributed by atoms with Crippen LogP contribution in [0.4, 0.5) is 4.79 Å². The second kappa shape index (κ2) is 8.80. The third-order valence-corrected chi connectivity index (χ3v) is 4.19. The molecule has 0 spiro atoms. The van der Waals surface area contributed by atoms with Crippen LogP contribution < -0.4 is 0 Å². The summed E-state index contributed by atoms with van der Waals surface area (Å²) >= 11 is 0. The largest absolute Gasteiger partial charge is 0.341 e. The van der Waals surface area contributed by atoms with Crippen LogP contribution in [0.2, 0.25) is 0 Å². The molecule has 0 aromatic heterocycles. The maximum atomic E-state index is 12.7. The summed E-state index contributed by atoms with van der Waals surface area (Å²) in [5, 5.41) is 5.93. The molecule has 24 heavy (non-hydrogen) atoms. The fraction of sp³-hybridized carbons (Fsp3) is 0.556. The highest BCUT2D eigenvalue weighted by atomic mass is 16.2. The molecule has 0 saturated carbocycles. The molecule has 0 N–H and O–H groups in total. The first kappa shape index (κ1) is 18.4. The van der Waals surface area contributed by atoms with Gasteiger partial charge in [0.25, 0.3) is 0 Å². The molecule has 6 nitrogen and oxygen atoms in total. The van der Waals surface area contributed by atoms with E-state index in [1.165, 1.54) is 0 Å². The first-order chi connectivity index (χ1) is 11.5. The highest BCUT2D eigenvalue weighted by Gasteiger charge is 2.34. The molecule has 1 aliphatic heterocycles. The normalized spacial score (nSPS) is 16.8. The van der Waals surface area contributed by atoms with Gasteiger partial charge in [-0.05, 0) is 53.1 Å². The molecule has 1 fully saturated rings. The zero-order valence-electron chi connectivity index (χ0n) is 15.2. The summed E-state index contributed by atoms with van der Waals surface area (Å²) in [6.45, 7) is 2.39. The Balaban J connectivity index is 1.96. The van der Waals surface area contributed by atoms with Gasteiger partial charge >= 0.3 is 6.03 Å². The second-order valence-corrected chi connectivity index (χ2v) is 6.64. The van der Waals surface area contributed by atoms with Crippen molar-refractivity contribution < 1.29 is 4.79 Å². The van der Waals surface area contributed by atoms with Crippen LogP contribution in [0.5, 0.6) is 0 Å². The molecule has 1 unspecified atom stereocenters. The Morgan fingerprint density at radius 1 is 1.17 bits per heavy atom. The lowest BCUT2D eigenvalue weighted by Crippen LogP contribution is -2.46. The van der Waals surface area contributed by atoms with E-state index < -0.39 is 0 Å². The zero-order chi connectivity index (χ0) is 17.5. The van der Waals surface area contributed by atoms with Gasteiger partial charge in [0.2, 0.25) is 0 Å². The van der Waals surface area contributed by atoms with Gasteiger partial charge in [-0.15, -0.1) is 0 Å². The Kier molecular flexibility index (Phi) is 6.75.